The van der Waals surface area contributed by atoms with Crippen LogP contribution in [0.1, 0.15) is 29.3 Å². The number of anilines is 1. The summed E-state index contributed by atoms with van der Waals surface area (Å²) in [6, 6.07) is 10.5. The van der Waals surface area contributed by atoms with Crippen molar-refractivity contribution in [1.82, 2.24) is 5.32 Å². The number of aliphatic hydroxyl groups is 1. The van der Waals surface area contributed by atoms with Crippen LogP contribution in [0.4, 0.5) is 5.69 Å². The topological polar surface area (TPSA) is 97.3 Å². The quantitative estimate of drug-likeness (QED) is 0.721. The first-order valence-corrected chi connectivity index (χ1v) is 9.97. The standard InChI is InChI=1S/C22H24N2O6/c1-2-21(26)24-8-7-14-9-15(3-5-18(14)24)22(27)23-11-16(25)12-28-17-4-6-19-20(10-17)30-13-29-19/h3-6,9-10,16,25H,2,7-8,11-13H2,1H3,(H,23,27). The van der Waals surface area contributed by atoms with Gasteiger partial charge in [-0.2, -0.15) is 0 Å². The molecule has 158 valence electrons. The Labute approximate surface area is 174 Å². The van der Waals surface area contributed by atoms with Crippen LogP contribution >= 0.6 is 0 Å². The first kappa shape index (κ1) is 20.0. The number of nitrogens with zero attached hydrogens (tertiary/aromatic N) is 1. The van der Waals surface area contributed by atoms with Gasteiger partial charge in [-0.05, 0) is 42.3 Å². The molecule has 0 spiro atoms. The highest BCUT2D eigenvalue weighted by Gasteiger charge is 2.24. The van der Waals surface area contributed by atoms with Crippen molar-refractivity contribution in [3.05, 3.63) is 47.5 Å². The maximum absolute atomic E-state index is 12.4. The molecule has 2 aromatic rings. The molecule has 0 aliphatic carbocycles. The molecule has 2 heterocycles. The van der Waals surface area contributed by atoms with Crippen molar-refractivity contribution < 1.29 is 28.9 Å². The van der Waals surface area contributed by atoms with E-state index in [0.717, 1.165) is 17.7 Å². The number of carbonyl (C=O) groups excluding carboxylic acids is 2. The van der Waals surface area contributed by atoms with Gasteiger partial charge >= 0.3 is 0 Å². The Morgan fingerprint density at radius 2 is 2.03 bits per heavy atom. The van der Waals surface area contributed by atoms with Gasteiger partial charge in [0.25, 0.3) is 5.91 Å². The second-order valence-corrected chi connectivity index (χ2v) is 7.18. The summed E-state index contributed by atoms with van der Waals surface area (Å²) in [5.41, 5.74) is 2.36. The van der Waals surface area contributed by atoms with Gasteiger partial charge in [-0.15, -0.1) is 0 Å². The molecular formula is C22H24N2O6. The van der Waals surface area contributed by atoms with Crippen molar-refractivity contribution in [1.29, 1.82) is 0 Å². The fourth-order valence-electron chi connectivity index (χ4n) is 3.52. The number of nitrogens with one attached hydrogen (secondary N) is 1. The molecule has 2 aliphatic rings. The highest BCUT2D eigenvalue weighted by molar-refractivity contribution is 5.98. The van der Waals surface area contributed by atoms with Gasteiger partial charge in [0.05, 0.1) is 0 Å². The molecule has 2 N–H and O–H groups in total. The summed E-state index contributed by atoms with van der Waals surface area (Å²) in [5.74, 6) is 1.61. The van der Waals surface area contributed by atoms with Crippen molar-refractivity contribution in [2.24, 2.45) is 0 Å². The number of benzene rings is 2. The molecule has 1 unspecified atom stereocenters. The molecule has 0 fully saturated rings. The minimum Gasteiger partial charge on any atom is -0.491 e. The molecule has 8 heteroatoms. The molecule has 0 saturated carbocycles. The molecule has 2 aliphatic heterocycles. The summed E-state index contributed by atoms with van der Waals surface area (Å²) in [5, 5.41) is 12.9. The maximum Gasteiger partial charge on any atom is 0.251 e. The van der Waals surface area contributed by atoms with E-state index in [2.05, 4.69) is 5.32 Å². The lowest BCUT2D eigenvalue weighted by molar-refractivity contribution is -0.118. The van der Waals surface area contributed by atoms with Crippen LogP contribution in [0.15, 0.2) is 36.4 Å². The average Bonchev–Trinajstić information content (AvgIpc) is 3.41. The van der Waals surface area contributed by atoms with Gasteiger partial charge in [0.2, 0.25) is 12.7 Å². The van der Waals surface area contributed by atoms with Crippen molar-refractivity contribution in [2.45, 2.75) is 25.9 Å². The van der Waals surface area contributed by atoms with Crippen LogP contribution in [0.25, 0.3) is 0 Å². The van der Waals surface area contributed by atoms with Crippen molar-refractivity contribution in [3.8, 4) is 17.2 Å². The van der Waals surface area contributed by atoms with Gasteiger partial charge in [-0.1, -0.05) is 6.92 Å². The lowest BCUT2D eigenvalue weighted by atomic mass is 10.1. The lowest BCUT2D eigenvalue weighted by Gasteiger charge is -2.17. The molecule has 0 bridgehead atoms. The lowest BCUT2D eigenvalue weighted by Crippen LogP contribution is -2.35. The van der Waals surface area contributed by atoms with E-state index >= 15 is 0 Å². The van der Waals surface area contributed by atoms with Gasteiger partial charge in [0.15, 0.2) is 11.5 Å². The number of carbonyl (C=O) groups is 2. The fourth-order valence-corrected chi connectivity index (χ4v) is 3.52. The number of aliphatic hydroxyl groups excluding tert-OH is 1. The molecule has 8 nitrogen and oxygen atoms in total. The third-order valence-electron chi connectivity index (χ3n) is 5.13. The van der Waals surface area contributed by atoms with Gasteiger partial charge in [0, 0.05) is 36.8 Å². The van der Waals surface area contributed by atoms with E-state index in [4.69, 9.17) is 14.2 Å². The number of amides is 2. The molecule has 0 saturated heterocycles. The Kier molecular flexibility index (Phi) is 5.76. The van der Waals surface area contributed by atoms with E-state index in [1.165, 1.54) is 0 Å². The number of hydrogen-bond acceptors (Lipinski definition) is 6. The number of rotatable bonds is 7. The normalized spacial score (nSPS) is 14.9. The van der Waals surface area contributed by atoms with E-state index in [-0.39, 0.29) is 31.8 Å². The minimum atomic E-state index is -0.869. The van der Waals surface area contributed by atoms with Gasteiger partial charge < -0.3 is 29.5 Å². The Hall–Kier alpha value is -3.26. The summed E-state index contributed by atoms with van der Waals surface area (Å²) >= 11 is 0. The van der Waals surface area contributed by atoms with E-state index in [1.807, 2.05) is 19.1 Å². The van der Waals surface area contributed by atoms with E-state index in [1.54, 1.807) is 29.2 Å². The highest BCUT2D eigenvalue weighted by atomic mass is 16.7. The molecule has 2 aromatic carbocycles. The molecule has 30 heavy (non-hydrogen) atoms. The van der Waals surface area contributed by atoms with Crippen LogP contribution in [0.2, 0.25) is 0 Å². The number of ether oxygens (including phenoxy) is 3. The van der Waals surface area contributed by atoms with Crippen LogP contribution in [0.5, 0.6) is 17.2 Å². The van der Waals surface area contributed by atoms with Gasteiger partial charge in [0.1, 0.15) is 18.5 Å². The Morgan fingerprint density at radius 1 is 1.20 bits per heavy atom. The van der Waals surface area contributed by atoms with Crippen LogP contribution in [0.3, 0.4) is 0 Å². The summed E-state index contributed by atoms with van der Waals surface area (Å²) in [6.45, 7) is 2.74. The summed E-state index contributed by atoms with van der Waals surface area (Å²) in [7, 11) is 0. The Bertz CT molecular complexity index is 961. The molecule has 4 rings (SSSR count). The van der Waals surface area contributed by atoms with E-state index in [0.29, 0.717) is 35.8 Å². The average molecular weight is 412 g/mol. The first-order valence-electron chi connectivity index (χ1n) is 9.97. The molecule has 0 aromatic heterocycles. The molecule has 2 amide bonds. The molecular weight excluding hydrogens is 388 g/mol. The monoisotopic (exact) mass is 412 g/mol. The van der Waals surface area contributed by atoms with Crippen molar-refractivity contribution >= 4 is 17.5 Å². The van der Waals surface area contributed by atoms with Crippen LogP contribution < -0.4 is 24.4 Å². The van der Waals surface area contributed by atoms with Crippen LogP contribution in [0, 0.1) is 0 Å². The Balaban J connectivity index is 1.28. The summed E-state index contributed by atoms with van der Waals surface area (Å²) in [4.78, 5) is 26.2. The van der Waals surface area contributed by atoms with E-state index in [9.17, 15) is 14.7 Å². The summed E-state index contributed by atoms with van der Waals surface area (Å²) < 4.78 is 16.1. The van der Waals surface area contributed by atoms with Crippen molar-refractivity contribution in [2.75, 3.05) is 31.4 Å². The second-order valence-electron chi connectivity index (χ2n) is 7.18. The minimum absolute atomic E-state index is 0.0260. The predicted molar refractivity (Wildman–Crippen MR) is 109 cm³/mol. The zero-order valence-corrected chi connectivity index (χ0v) is 16.7. The number of fused-ring (bicyclic) bond motifs is 2. The smallest absolute Gasteiger partial charge is 0.251 e. The first-order chi connectivity index (χ1) is 14.5. The van der Waals surface area contributed by atoms with Crippen LogP contribution in [-0.2, 0) is 11.2 Å². The number of hydrogen-bond donors (Lipinski definition) is 2. The SMILES string of the molecule is CCC(=O)N1CCc2cc(C(=O)NCC(O)COc3ccc4c(c3)OCO4)ccc21. The second kappa shape index (κ2) is 8.62. The van der Waals surface area contributed by atoms with Gasteiger partial charge in [-0.25, -0.2) is 0 Å². The Morgan fingerprint density at radius 3 is 2.87 bits per heavy atom. The third kappa shape index (κ3) is 4.18. The van der Waals surface area contributed by atoms with Crippen molar-refractivity contribution in [3.63, 3.8) is 0 Å². The highest BCUT2D eigenvalue weighted by Crippen LogP contribution is 2.35. The maximum atomic E-state index is 12.4. The predicted octanol–water partition coefficient (Wildman–Crippen LogP) is 1.88. The fraction of sp³-hybridized carbons (Fsp3) is 0.364. The van der Waals surface area contributed by atoms with Crippen LogP contribution in [-0.4, -0.2) is 49.5 Å². The zero-order valence-electron chi connectivity index (χ0n) is 16.7. The zero-order chi connectivity index (χ0) is 21.1. The largest absolute Gasteiger partial charge is 0.491 e. The van der Waals surface area contributed by atoms with Gasteiger partial charge in [-0.3, -0.25) is 9.59 Å². The molecule has 1 atom stereocenters. The van der Waals surface area contributed by atoms with E-state index < -0.39 is 6.10 Å². The summed E-state index contributed by atoms with van der Waals surface area (Å²) in [6.07, 6.45) is 0.314. The molecule has 0 radical (unpaired) electrons. The third-order valence-corrected chi connectivity index (χ3v) is 5.13.